The first-order valence-corrected chi connectivity index (χ1v) is 8.56. The topological polar surface area (TPSA) is 96.1 Å². The number of nitrogens with zero attached hydrogens (tertiary/aromatic N) is 1. The smallest absolute Gasteiger partial charge is 0.345 e. The maximum absolute atomic E-state index is 12.5. The summed E-state index contributed by atoms with van der Waals surface area (Å²) < 4.78 is 6.74. The molecule has 3 N–H and O–H groups in total. The molecule has 2 aromatic rings. The number of aromatic amines is 1. The number of Topliss-reactive ketones (excluding diaryl/α,β-unsaturated/α-hetero) is 1. The first-order valence-electron chi connectivity index (χ1n) is 8.56. The summed E-state index contributed by atoms with van der Waals surface area (Å²) in [6, 6.07) is 7.13. The number of nitrogens with two attached hydrogens (primary N) is 1. The van der Waals surface area contributed by atoms with Crippen molar-refractivity contribution in [2.75, 3.05) is 6.54 Å². The second-order valence-electron chi connectivity index (χ2n) is 6.47. The highest BCUT2D eigenvalue weighted by Crippen LogP contribution is 2.12. The number of ether oxygens (including phenoxy) is 1. The van der Waals surface area contributed by atoms with Gasteiger partial charge in [0.25, 0.3) is 0 Å². The third kappa shape index (κ3) is 4.11. The van der Waals surface area contributed by atoms with Gasteiger partial charge >= 0.3 is 11.5 Å². The number of ketones is 1. The van der Waals surface area contributed by atoms with Crippen LogP contribution in [-0.4, -0.2) is 35.0 Å². The van der Waals surface area contributed by atoms with Gasteiger partial charge in [-0.1, -0.05) is 12.1 Å². The molecule has 1 aromatic heterocycles. The molecule has 1 aliphatic rings. The molecule has 132 valence electrons. The molecular formula is C18H23N3O4+2. The maximum Gasteiger partial charge on any atom is 0.345 e. The van der Waals surface area contributed by atoms with Crippen LogP contribution in [0.5, 0.6) is 0 Å². The lowest BCUT2D eigenvalue weighted by Gasteiger charge is -2.28. The number of esters is 1. The number of aromatic nitrogens is 2. The molecule has 0 bridgehead atoms. The molecule has 7 heteroatoms. The number of carbonyl (C=O) groups excluding carboxylic acids is 2. The summed E-state index contributed by atoms with van der Waals surface area (Å²) in [5.74, 6) is -0.371. The van der Waals surface area contributed by atoms with E-state index in [1.807, 2.05) is 12.1 Å². The van der Waals surface area contributed by atoms with Crippen LogP contribution in [-0.2, 0) is 20.9 Å². The van der Waals surface area contributed by atoms with Crippen molar-refractivity contribution in [3.05, 3.63) is 40.9 Å². The summed E-state index contributed by atoms with van der Waals surface area (Å²) in [7, 11) is 0. The molecule has 0 aliphatic carbocycles. The Kier molecular flexibility index (Phi) is 5.23. The highest BCUT2D eigenvalue weighted by atomic mass is 16.5. The van der Waals surface area contributed by atoms with Crippen molar-refractivity contribution in [2.45, 2.75) is 44.9 Å². The monoisotopic (exact) mass is 345 g/mol. The summed E-state index contributed by atoms with van der Waals surface area (Å²) in [6.45, 7) is 2.31. The second kappa shape index (κ2) is 7.57. The van der Waals surface area contributed by atoms with Crippen LogP contribution in [0.15, 0.2) is 35.4 Å². The van der Waals surface area contributed by atoms with E-state index in [0.717, 1.165) is 24.9 Å². The predicted molar refractivity (Wildman–Crippen MR) is 89.8 cm³/mol. The third-order valence-electron chi connectivity index (χ3n) is 4.56. The third-order valence-corrected chi connectivity index (χ3v) is 4.56. The summed E-state index contributed by atoms with van der Waals surface area (Å²) in [5, 5.41) is 2.62. The lowest BCUT2D eigenvalue weighted by Crippen LogP contribution is -2.94. The van der Waals surface area contributed by atoms with E-state index in [4.69, 9.17) is 4.74 Å². The quantitative estimate of drug-likeness (QED) is 0.734. The Morgan fingerprint density at radius 3 is 2.96 bits per heavy atom. The lowest BCUT2D eigenvalue weighted by atomic mass is 9.96. The number of piperidine rings is 1. The molecule has 0 saturated carbocycles. The molecule has 1 aliphatic heterocycles. The Balaban J connectivity index is 1.70. The van der Waals surface area contributed by atoms with Gasteiger partial charge in [-0.3, -0.25) is 9.59 Å². The summed E-state index contributed by atoms with van der Waals surface area (Å²) in [5.41, 5.74) is 0.554. The van der Waals surface area contributed by atoms with Crippen LogP contribution >= 0.6 is 0 Å². The van der Waals surface area contributed by atoms with Gasteiger partial charge in [0.2, 0.25) is 6.33 Å². The van der Waals surface area contributed by atoms with Gasteiger partial charge in [-0.25, -0.2) is 9.78 Å². The largest absolute Gasteiger partial charge is 0.456 e. The van der Waals surface area contributed by atoms with Gasteiger partial charge in [0.1, 0.15) is 16.9 Å². The highest BCUT2D eigenvalue weighted by molar-refractivity contribution is 5.79. The number of nitrogens with one attached hydrogen (secondary N) is 1. The van der Waals surface area contributed by atoms with Crippen molar-refractivity contribution in [3.8, 4) is 0 Å². The summed E-state index contributed by atoms with van der Waals surface area (Å²) in [4.78, 5) is 39.2. The van der Waals surface area contributed by atoms with Gasteiger partial charge < -0.3 is 10.1 Å². The fourth-order valence-corrected chi connectivity index (χ4v) is 3.38. The Bertz CT molecular complexity index is 846. The van der Waals surface area contributed by atoms with Crippen LogP contribution < -0.4 is 15.9 Å². The molecule has 3 rings (SSSR count). The number of quaternary nitrogens is 1. The fraction of sp³-hybridized carbons (Fsp3) is 0.444. The van der Waals surface area contributed by atoms with E-state index in [-0.39, 0.29) is 42.4 Å². The lowest BCUT2D eigenvalue weighted by molar-refractivity contribution is -0.703. The van der Waals surface area contributed by atoms with Crippen LogP contribution in [0.3, 0.4) is 0 Å². The minimum Gasteiger partial charge on any atom is -0.456 e. The highest BCUT2D eigenvalue weighted by Gasteiger charge is 2.33. The first kappa shape index (κ1) is 17.3. The van der Waals surface area contributed by atoms with Crippen LogP contribution in [0, 0.1) is 0 Å². The van der Waals surface area contributed by atoms with Crippen molar-refractivity contribution in [2.24, 2.45) is 0 Å². The minimum absolute atomic E-state index is 0.0112. The number of para-hydroxylation sites is 1. The Morgan fingerprint density at radius 1 is 1.36 bits per heavy atom. The van der Waals surface area contributed by atoms with Crippen molar-refractivity contribution >= 4 is 22.7 Å². The zero-order valence-electron chi connectivity index (χ0n) is 14.2. The van der Waals surface area contributed by atoms with Crippen LogP contribution in [0.25, 0.3) is 10.9 Å². The first-order chi connectivity index (χ1) is 12.0. The van der Waals surface area contributed by atoms with Crippen molar-refractivity contribution in [1.82, 2.24) is 4.57 Å². The number of carbonyl (C=O) groups is 2. The molecule has 0 unspecified atom stereocenters. The average Bonchev–Trinajstić information content (AvgIpc) is 2.59. The molecule has 7 nitrogen and oxygen atoms in total. The molecule has 1 aromatic carbocycles. The Morgan fingerprint density at radius 2 is 2.16 bits per heavy atom. The van der Waals surface area contributed by atoms with Gasteiger partial charge in [0, 0.05) is 13.3 Å². The number of rotatable bonds is 5. The van der Waals surface area contributed by atoms with Gasteiger partial charge in [-0.05, 0) is 18.6 Å². The molecule has 1 fully saturated rings. The van der Waals surface area contributed by atoms with E-state index in [1.165, 1.54) is 17.8 Å². The number of H-pyrrole nitrogens is 1. The molecule has 2 atom stereocenters. The molecular weight excluding hydrogens is 322 g/mol. The summed E-state index contributed by atoms with van der Waals surface area (Å²) in [6.07, 6.45) is 3.31. The van der Waals surface area contributed by atoms with Gasteiger partial charge in [-0.15, -0.1) is 0 Å². The van der Waals surface area contributed by atoms with Crippen molar-refractivity contribution < 1.29 is 24.6 Å². The van der Waals surface area contributed by atoms with E-state index in [2.05, 4.69) is 10.3 Å². The summed E-state index contributed by atoms with van der Waals surface area (Å²) >= 11 is 0. The minimum atomic E-state index is -0.321. The molecule has 0 amide bonds. The predicted octanol–water partition coefficient (Wildman–Crippen LogP) is -0.568. The van der Waals surface area contributed by atoms with Crippen LogP contribution in [0.2, 0.25) is 0 Å². The van der Waals surface area contributed by atoms with Gasteiger partial charge in [0.05, 0.1) is 13.0 Å². The van der Waals surface area contributed by atoms with Crippen molar-refractivity contribution in [3.63, 3.8) is 0 Å². The molecule has 2 heterocycles. The Labute approximate surface area is 145 Å². The van der Waals surface area contributed by atoms with Gasteiger partial charge in [-0.2, -0.15) is 4.57 Å². The standard InChI is InChI=1S/C18H21N3O4/c1-12(22)25-17-7-4-8-19-16(17)9-13(23)10-21-11-20-15-6-3-2-5-14(15)18(21)24/h2-3,5-6,11,16-17,19H,4,7-10H2,1H3/p+2/t16-,17+/m0/s1. The SMILES string of the molecule is CC(=O)O[C@@H]1CCC[NH2+][C@H]1CC(=O)Cn1c[nH+]c2ccccc2c1=O. The maximum atomic E-state index is 12.5. The van der Waals surface area contributed by atoms with Gasteiger partial charge in [0.15, 0.2) is 18.4 Å². The van der Waals surface area contributed by atoms with E-state index >= 15 is 0 Å². The molecule has 0 radical (unpaired) electrons. The average molecular weight is 345 g/mol. The van der Waals surface area contributed by atoms with E-state index in [1.54, 1.807) is 12.1 Å². The molecule has 25 heavy (non-hydrogen) atoms. The van der Waals surface area contributed by atoms with Crippen LogP contribution in [0.1, 0.15) is 26.2 Å². The van der Waals surface area contributed by atoms with E-state index in [9.17, 15) is 14.4 Å². The molecule has 0 spiro atoms. The fourth-order valence-electron chi connectivity index (χ4n) is 3.38. The van der Waals surface area contributed by atoms with E-state index in [0.29, 0.717) is 5.39 Å². The number of fused-ring (bicyclic) bond motifs is 1. The molecule has 1 saturated heterocycles. The van der Waals surface area contributed by atoms with Crippen LogP contribution in [0.4, 0.5) is 0 Å². The Hall–Kier alpha value is -2.54. The zero-order valence-corrected chi connectivity index (χ0v) is 14.2. The second-order valence-corrected chi connectivity index (χ2v) is 6.47. The van der Waals surface area contributed by atoms with Crippen molar-refractivity contribution in [1.29, 1.82) is 0 Å². The van der Waals surface area contributed by atoms with E-state index < -0.39 is 0 Å². The normalized spacial score (nSPS) is 20.4. The number of hydrogen-bond acceptors (Lipinski definition) is 4. The number of benzene rings is 1. The number of hydrogen-bond donors (Lipinski definition) is 1. The zero-order chi connectivity index (χ0) is 17.8.